The quantitative estimate of drug-likeness (QED) is 0.141. The van der Waals surface area contributed by atoms with Crippen LogP contribution in [0.25, 0.3) is 0 Å². The van der Waals surface area contributed by atoms with Crippen molar-refractivity contribution in [1.29, 1.82) is 0 Å². The number of aryl methyl sites for hydroxylation is 1. The van der Waals surface area contributed by atoms with E-state index in [0.717, 1.165) is 12.0 Å². The van der Waals surface area contributed by atoms with Gasteiger partial charge in [-0.25, -0.2) is 10.2 Å². The van der Waals surface area contributed by atoms with Crippen LogP contribution < -0.4 is 25.0 Å². The average Bonchev–Trinajstić information content (AvgIpc) is 2.89. The van der Waals surface area contributed by atoms with Gasteiger partial charge in [0.25, 0.3) is 0 Å². The van der Waals surface area contributed by atoms with E-state index in [2.05, 4.69) is 31.8 Å². The average molecular weight is 554 g/mol. The molecular weight excluding hydrogens is 530 g/mol. The molecule has 36 heavy (non-hydrogen) atoms. The van der Waals surface area contributed by atoms with Crippen molar-refractivity contribution in [3.05, 3.63) is 81.8 Å². The fraction of sp³-hybridized carbons (Fsp3) is 0.154. The number of carbonyl (C=O) groups excluding carboxylic acids is 3. The molecule has 3 rings (SSSR count). The number of hydrazone groups is 1. The Labute approximate surface area is 216 Å². The molecule has 2 amide bonds. The highest BCUT2D eigenvalue weighted by Gasteiger charge is 2.16. The lowest BCUT2D eigenvalue weighted by molar-refractivity contribution is -0.136. The molecule has 9 nitrogen and oxygen atoms in total. The highest BCUT2D eigenvalue weighted by Crippen LogP contribution is 2.29. The molecule has 0 radical (unpaired) electrons. The molecule has 0 saturated heterocycles. The third-order valence-electron chi connectivity index (χ3n) is 4.99. The van der Waals surface area contributed by atoms with Crippen molar-refractivity contribution in [3.8, 4) is 17.2 Å². The molecule has 0 fully saturated rings. The summed E-state index contributed by atoms with van der Waals surface area (Å²) >= 11 is 3.35. The van der Waals surface area contributed by atoms with Crippen molar-refractivity contribution in [2.45, 2.75) is 13.3 Å². The minimum absolute atomic E-state index is 0.191. The zero-order chi connectivity index (χ0) is 26.1. The van der Waals surface area contributed by atoms with Gasteiger partial charge in [0.05, 0.1) is 26.0 Å². The first-order valence-electron chi connectivity index (χ1n) is 10.8. The number of methoxy groups -OCH3 is 2. The van der Waals surface area contributed by atoms with E-state index in [1.807, 2.05) is 19.1 Å². The van der Waals surface area contributed by atoms with Crippen LogP contribution in [0.3, 0.4) is 0 Å². The van der Waals surface area contributed by atoms with E-state index < -0.39 is 17.8 Å². The van der Waals surface area contributed by atoms with Crippen molar-refractivity contribution in [2.75, 3.05) is 19.5 Å². The molecule has 0 unspecified atom stereocenters. The smallest absolute Gasteiger partial charge is 0.343 e. The predicted molar refractivity (Wildman–Crippen MR) is 139 cm³/mol. The standard InChI is InChI=1S/C26H24BrN3O6/c1-4-16-5-9-20(10-6-16)29-24(31)25(32)30-28-15-18-13-19(27)8-12-21(18)36-26(33)17-7-11-22(34-2)23(14-17)35-3/h5-15H,4H2,1-3H3,(H,29,31)(H,30,32)/b28-15-. The second-order valence-electron chi connectivity index (χ2n) is 7.35. The van der Waals surface area contributed by atoms with Crippen LogP contribution in [-0.4, -0.2) is 38.2 Å². The monoisotopic (exact) mass is 553 g/mol. The van der Waals surface area contributed by atoms with Gasteiger partial charge in [0.2, 0.25) is 0 Å². The summed E-state index contributed by atoms with van der Waals surface area (Å²) in [4.78, 5) is 37.0. The lowest BCUT2D eigenvalue weighted by Gasteiger charge is -2.11. The van der Waals surface area contributed by atoms with Crippen LogP contribution in [0, 0.1) is 0 Å². The Morgan fingerprint density at radius 2 is 1.58 bits per heavy atom. The highest BCUT2D eigenvalue weighted by atomic mass is 79.9. The number of ether oxygens (including phenoxy) is 3. The van der Waals surface area contributed by atoms with E-state index >= 15 is 0 Å². The fourth-order valence-electron chi connectivity index (χ4n) is 3.06. The first kappa shape index (κ1) is 26.4. The normalized spacial score (nSPS) is 10.6. The van der Waals surface area contributed by atoms with Gasteiger partial charge in [0, 0.05) is 15.7 Å². The Morgan fingerprint density at radius 3 is 2.25 bits per heavy atom. The molecule has 3 aromatic carbocycles. The number of nitrogens with one attached hydrogen (secondary N) is 2. The first-order chi connectivity index (χ1) is 17.3. The Bertz CT molecular complexity index is 1290. The van der Waals surface area contributed by atoms with Gasteiger partial charge in [-0.15, -0.1) is 0 Å². The summed E-state index contributed by atoms with van der Waals surface area (Å²) in [6.07, 6.45) is 2.13. The molecule has 186 valence electrons. The molecule has 3 aromatic rings. The molecule has 0 heterocycles. The van der Waals surface area contributed by atoms with Gasteiger partial charge in [-0.2, -0.15) is 5.10 Å². The zero-order valence-corrected chi connectivity index (χ0v) is 21.4. The molecule has 0 saturated carbocycles. The van der Waals surface area contributed by atoms with E-state index in [1.54, 1.807) is 42.5 Å². The van der Waals surface area contributed by atoms with Gasteiger partial charge < -0.3 is 19.5 Å². The second kappa shape index (κ2) is 12.5. The summed E-state index contributed by atoms with van der Waals surface area (Å²) in [7, 11) is 2.96. The Kier molecular flexibility index (Phi) is 9.18. The highest BCUT2D eigenvalue weighted by molar-refractivity contribution is 9.10. The Hall–Kier alpha value is -4.18. The number of rotatable bonds is 8. The number of esters is 1. The van der Waals surface area contributed by atoms with E-state index in [4.69, 9.17) is 14.2 Å². The van der Waals surface area contributed by atoms with E-state index in [9.17, 15) is 14.4 Å². The van der Waals surface area contributed by atoms with E-state index in [0.29, 0.717) is 27.2 Å². The van der Waals surface area contributed by atoms with Crippen LogP contribution in [0.5, 0.6) is 17.2 Å². The predicted octanol–water partition coefficient (Wildman–Crippen LogP) is 4.34. The maximum Gasteiger partial charge on any atom is 0.343 e. The van der Waals surface area contributed by atoms with Gasteiger partial charge in [0.15, 0.2) is 11.5 Å². The molecule has 0 atom stereocenters. The van der Waals surface area contributed by atoms with Crippen LogP contribution in [0.2, 0.25) is 0 Å². The lowest BCUT2D eigenvalue weighted by Crippen LogP contribution is -2.32. The van der Waals surface area contributed by atoms with Crippen molar-refractivity contribution in [2.24, 2.45) is 5.10 Å². The van der Waals surface area contributed by atoms with Crippen molar-refractivity contribution < 1.29 is 28.6 Å². The number of halogens is 1. The van der Waals surface area contributed by atoms with Crippen molar-refractivity contribution in [3.63, 3.8) is 0 Å². The third-order valence-corrected chi connectivity index (χ3v) is 5.48. The number of amides is 2. The number of benzene rings is 3. The molecule has 0 aliphatic heterocycles. The third kappa shape index (κ3) is 6.92. The van der Waals surface area contributed by atoms with Crippen molar-refractivity contribution in [1.82, 2.24) is 5.43 Å². The maximum atomic E-state index is 12.7. The van der Waals surface area contributed by atoms with Crippen LogP contribution in [0.4, 0.5) is 5.69 Å². The van der Waals surface area contributed by atoms with Crippen LogP contribution >= 0.6 is 15.9 Å². The van der Waals surface area contributed by atoms with Gasteiger partial charge in [-0.05, 0) is 60.5 Å². The maximum absolute atomic E-state index is 12.7. The van der Waals surface area contributed by atoms with Gasteiger partial charge >= 0.3 is 17.8 Å². The molecule has 2 N–H and O–H groups in total. The zero-order valence-electron chi connectivity index (χ0n) is 19.8. The van der Waals surface area contributed by atoms with Gasteiger partial charge in [-0.1, -0.05) is 35.0 Å². The van der Waals surface area contributed by atoms with Gasteiger partial charge in [0.1, 0.15) is 5.75 Å². The summed E-state index contributed by atoms with van der Waals surface area (Å²) in [6, 6.07) is 16.7. The molecule has 0 spiro atoms. The summed E-state index contributed by atoms with van der Waals surface area (Å²) in [6.45, 7) is 2.02. The molecule has 0 aliphatic carbocycles. The topological polar surface area (TPSA) is 115 Å². The minimum atomic E-state index is -0.954. The number of nitrogens with zero attached hydrogens (tertiary/aromatic N) is 1. The van der Waals surface area contributed by atoms with Crippen molar-refractivity contribution >= 4 is 45.6 Å². The molecule has 0 aliphatic rings. The number of anilines is 1. The molecule has 0 aromatic heterocycles. The molecule has 0 bridgehead atoms. The largest absolute Gasteiger partial charge is 0.493 e. The van der Waals surface area contributed by atoms with Gasteiger partial charge in [-0.3, -0.25) is 9.59 Å². The number of hydrogen-bond donors (Lipinski definition) is 2. The SMILES string of the molecule is CCc1ccc(NC(=O)C(=O)N/N=C\c2cc(Br)ccc2OC(=O)c2ccc(OC)c(OC)c2)cc1. The Balaban J connectivity index is 1.67. The van der Waals surface area contributed by atoms with Crippen LogP contribution in [0.15, 0.2) is 70.2 Å². The lowest BCUT2D eigenvalue weighted by atomic mass is 10.1. The minimum Gasteiger partial charge on any atom is -0.493 e. The molecule has 10 heteroatoms. The number of hydrogen-bond acceptors (Lipinski definition) is 7. The van der Waals surface area contributed by atoms with E-state index in [-0.39, 0.29) is 11.3 Å². The Morgan fingerprint density at radius 1 is 0.889 bits per heavy atom. The number of carbonyl (C=O) groups is 3. The summed E-state index contributed by atoms with van der Waals surface area (Å²) in [5, 5.41) is 6.33. The van der Waals surface area contributed by atoms with Crippen LogP contribution in [0.1, 0.15) is 28.4 Å². The van der Waals surface area contributed by atoms with Crippen LogP contribution in [-0.2, 0) is 16.0 Å². The first-order valence-corrected chi connectivity index (χ1v) is 11.6. The molecular formula is C26H24BrN3O6. The van der Waals surface area contributed by atoms with E-state index in [1.165, 1.54) is 26.5 Å². The summed E-state index contributed by atoms with van der Waals surface area (Å²) < 4.78 is 16.6. The summed E-state index contributed by atoms with van der Waals surface area (Å²) in [5.41, 5.74) is 4.40. The second-order valence-corrected chi connectivity index (χ2v) is 8.26. The fourth-order valence-corrected chi connectivity index (χ4v) is 3.44. The summed E-state index contributed by atoms with van der Waals surface area (Å²) in [5.74, 6) is -1.41.